The Hall–Kier alpha value is -1.09. The topological polar surface area (TPSA) is 18.5 Å². The van der Waals surface area contributed by atoms with Crippen molar-refractivity contribution in [2.45, 2.75) is 19.8 Å². The second kappa shape index (κ2) is 6.40. The van der Waals surface area contributed by atoms with Crippen LogP contribution in [0.1, 0.15) is 25.3 Å². The van der Waals surface area contributed by atoms with Crippen LogP contribution in [0.4, 0.5) is 0 Å². The first-order chi connectivity index (χ1) is 7.31. The third kappa shape index (κ3) is 3.51. The Morgan fingerprint density at radius 3 is 2.73 bits per heavy atom. The zero-order valence-electron chi connectivity index (χ0n) is 9.16. The van der Waals surface area contributed by atoms with Crippen LogP contribution in [0.2, 0.25) is 0 Å². The third-order valence-corrected chi connectivity index (χ3v) is 2.35. The van der Waals surface area contributed by atoms with Gasteiger partial charge in [-0.1, -0.05) is 31.6 Å². The van der Waals surface area contributed by atoms with Gasteiger partial charge in [-0.05, 0) is 24.1 Å². The number of methoxy groups -OCH3 is 1. The molecule has 0 fully saturated rings. The van der Waals surface area contributed by atoms with Crippen LogP contribution in [0, 0.1) is 0 Å². The minimum absolute atomic E-state index is 0.726. The molecule has 0 aliphatic rings. The molecular weight excluding hydrogens is 208 g/mol. The lowest BCUT2D eigenvalue weighted by Gasteiger charge is -2.10. The van der Waals surface area contributed by atoms with Crippen LogP contribution in [0.25, 0.3) is 0 Å². The highest BCUT2D eigenvalue weighted by Gasteiger charge is 2.04. The summed E-state index contributed by atoms with van der Waals surface area (Å²) in [7, 11) is 1.63. The average molecular weight is 224 g/mol. The Labute approximate surface area is 96.2 Å². The van der Waals surface area contributed by atoms with Crippen LogP contribution < -0.4 is 9.47 Å². The molecule has 1 aromatic carbocycles. The summed E-state index contributed by atoms with van der Waals surface area (Å²) in [5.41, 5.74) is 0.963. The molecule has 3 heteroatoms. The van der Waals surface area contributed by atoms with Crippen molar-refractivity contribution >= 4 is 17.6 Å². The van der Waals surface area contributed by atoms with Gasteiger partial charge in [0.1, 0.15) is 0 Å². The van der Waals surface area contributed by atoms with Gasteiger partial charge in [0.2, 0.25) is 0 Å². The zero-order chi connectivity index (χ0) is 11.1. The van der Waals surface area contributed by atoms with Gasteiger partial charge in [-0.15, -0.1) is 0 Å². The molecule has 1 aromatic rings. The molecule has 0 saturated carbocycles. The second-order valence-electron chi connectivity index (χ2n) is 3.23. The molecule has 0 saturated heterocycles. The number of ether oxygens (including phenoxy) is 2. The maximum absolute atomic E-state index is 5.60. The molecule has 0 atom stereocenters. The normalized spacial score (nSPS) is 9.73. The molecule has 0 N–H and O–H groups in total. The van der Waals surface area contributed by atoms with E-state index >= 15 is 0 Å². The first kappa shape index (κ1) is 12.0. The van der Waals surface area contributed by atoms with Gasteiger partial charge in [0.15, 0.2) is 11.5 Å². The van der Waals surface area contributed by atoms with Gasteiger partial charge in [-0.2, -0.15) is 0 Å². The van der Waals surface area contributed by atoms with Gasteiger partial charge < -0.3 is 9.47 Å². The summed E-state index contributed by atoms with van der Waals surface area (Å²) in [5.74, 6) is 1.52. The molecule has 0 amide bonds. The number of benzene rings is 1. The maximum Gasteiger partial charge on any atom is 0.161 e. The third-order valence-electron chi connectivity index (χ3n) is 2.08. The van der Waals surface area contributed by atoms with Crippen LogP contribution in [-0.4, -0.2) is 19.1 Å². The van der Waals surface area contributed by atoms with Crippen molar-refractivity contribution in [3.05, 3.63) is 23.8 Å². The van der Waals surface area contributed by atoms with E-state index in [4.69, 9.17) is 21.7 Å². The molecule has 2 nitrogen and oxygen atoms in total. The molecule has 0 aliphatic heterocycles. The van der Waals surface area contributed by atoms with Crippen LogP contribution >= 0.6 is 12.2 Å². The lowest BCUT2D eigenvalue weighted by Crippen LogP contribution is -1.99. The number of rotatable bonds is 6. The number of thiocarbonyl (C=S) groups is 1. The molecule has 0 radical (unpaired) electrons. The van der Waals surface area contributed by atoms with Crippen molar-refractivity contribution in [3.8, 4) is 11.5 Å². The molecule has 0 unspecified atom stereocenters. The summed E-state index contributed by atoms with van der Waals surface area (Å²) in [6, 6.07) is 5.71. The van der Waals surface area contributed by atoms with Crippen molar-refractivity contribution in [2.75, 3.05) is 13.7 Å². The van der Waals surface area contributed by atoms with Crippen molar-refractivity contribution in [2.24, 2.45) is 0 Å². The Morgan fingerprint density at radius 1 is 1.33 bits per heavy atom. The fraction of sp³-hybridized carbons (Fsp3) is 0.417. The molecule has 1 rings (SSSR count). The first-order valence-electron chi connectivity index (χ1n) is 5.07. The minimum Gasteiger partial charge on any atom is -0.493 e. The van der Waals surface area contributed by atoms with E-state index in [2.05, 4.69) is 6.92 Å². The monoisotopic (exact) mass is 224 g/mol. The van der Waals surface area contributed by atoms with Gasteiger partial charge in [-0.3, -0.25) is 0 Å². The zero-order valence-corrected chi connectivity index (χ0v) is 9.97. The summed E-state index contributed by atoms with van der Waals surface area (Å²) < 4.78 is 10.8. The van der Waals surface area contributed by atoms with Gasteiger partial charge >= 0.3 is 0 Å². The van der Waals surface area contributed by atoms with E-state index in [1.165, 1.54) is 0 Å². The molecule has 0 spiro atoms. The predicted molar refractivity (Wildman–Crippen MR) is 66.2 cm³/mol. The standard InChI is InChI=1S/C12H16O2S/c1-3-4-7-14-11-6-5-10(9-15)8-12(11)13-2/h5-6,8-9H,3-4,7H2,1-2H3. The number of unbranched alkanes of at least 4 members (excludes halogenated alkanes) is 1. The molecule has 0 aliphatic carbocycles. The molecule has 0 heterocycles. The van der Waals surface area contributed by atoms with Crippen LogP contribution in [0.3, 0.4) is 0 Å². The first-order valence-corrected chi connectivity index (χ1v) is 5.55. The Kier molecular flexibility index (Phi) is 5.12. The van der Waals surface area contributed by atoms with Crippen molar-refractivity contribution < 1.29 is 9.47 Å². The summed E-state index contributed by atoms with van der Waals surface area (Å²) in [6.07, 6.45) is 2.18. The van der Waals surface area contributed by atoms with E-state index in [-0.39, 0.29) is 0 Å². The molecule has 15 heavy (non-hydrogen) atoms. The largest absolute Gasteiger partial charge is 0.493 e. The predicted octanol–water partition coefficient (Wildman–Crippen LogP) is 3.22. The van der Waals surface area contributed by atoms with Crippen molar-refractivity contribution in [3.63, 3.8) is 0 Å². The highest BCUT2D eigenvalue weighted by molar-refractivity contribution is 7.79. The summed E-state index contributed by atoms with van der Waals surface area (Å²) in [4.78, 5) is 0. The van der Waals surface area contributed by atoms with E-state index < -0.39 is 0 Å². The Balaban J connectivity index is 2.73. The molecule has 82 valence electrons. The fourth-order valence-electron chi connectivity index (χ4n) is 1.20. The van der Waals surface area contributed by atoms with E-state index in [1.54, 1.807) is 12.5 Å². The smallest absolute Gasteiger partial charge is 0.161 e. The van der Waals surface area contributed by atoms with Crippen LogP contribution in [-0.2, 0) is 0 Å². The minimum atomic E-state index is 0.726. The summed E-state index contributed by atoms with van der Waals surface area (Å²) in [5, 5.41) is 1.62. The van der Waals surface area contributed by atoms with Gasteiger partial charge in [0.25, 0.3) is 0 Å². The van der Waals surface area contributed by atoms with Crippen molar-refractivity contribution in [1.82, 2.24) is 0 Å². The Morgan fingerprint density at radius 2 is 2.13 bits per heavy atom. The van der Waals surface area contributed by atoms with Gasteiger partial charge in [0, 0.05) is 5.37 Å². The van der Waals surface area contributed by atoms with Gasteiger partial charge in [-0.25, -0.2) is 0 Å². The molecule has 0 aromatic heterocycles. The quantitative estimate of drug-likeness (QED) is 0.546. The number of hydrogen-bond donors (Lipinski definition) is 0. The average Bonchev–Trinajstić information content (AvgIpc) is 2.29. The van der Waals surface area contributed by atoms with E-state index in [0.29, 0.717) is 0 Å². The summed E-state index contributed by atoms with van der Waals surface area (Å²) in [6.45, 7) is 2.86. The lowest BCUT2D eigenvalue weighted by molar-refractivity contribution is 0.288. The second-order valence-corrected chi connectivity index (χ2v) is 3.47. The van der Waals surface area contributed by atoms with Crippen LogP contribution in [0.5, 0.6) is 11.5 Å². The fourth-order valence-corrected chi connectivity index (χ4v) is 1.35. The SMILES string of the molecule is CCCCOc1ccc(C=S)cc1OC. The highest BCUT2D eigenvalue weighted by Crippen LogP contribution is 2.27. The van der Waals surface area contributed by atoms with Crippen molar-refractivity contribution in [1.29, 1.82) is 0 Å². The summed E-state index contributed by atoms with van der Waals surface area (Å²) >= 11 is 4.85. The maximum atomic E-state index is 5.60. The van der Waals surface area contributed by atoms with E-state index in [0.717, 1.165) is 36.5 Å². The number of hydrogen-bond acceptors (Lipinski definition) is 3. The molecule has 0 bridgehead atoms. The van der Waals surface area contributed by atoms with E-state index in [9.17, 15) is 0 Å². The van der Waals surface area contributed by atoms with Crippen LogP contribution in [0.15, 0.2) is 18.2 Å². The van der Waals surface area contributed by atoms with E-state index in [1.807, 2.05) is 18.2 Å². The Bertz CT molecular complexity index is 323. The highest BCUT2D eigenvalue weighted by atomic mass is 32.1. The molecular formula is C12H16O2S. The lowest BCUT2D eigenvalue weighted by atomic mass is 10.2. The van der Waals surface area contributed by atoms with Gasteiger partial charge in [0.05, 0.1) is 13.7 Å².